The Morgan fingerprint density at radius 1 is 0.816 bits per heavy atom. The number of hydrogen-bond donors (Lipinski definition) is 3. The van der Waals surface area contributed by atoms with E-state index < -0.39 is 35.7 Å². The number of aliphatic hydroxyl groups excluding tert-OH is 1. The van der Waals surface area contributed by atoms with E-state index in [0.29, 0.717) is 18.8 Å². The molecule has 3 atom stereocenters. The second-order valence-corrected chi connectivity index (χ2v) is 10.4. The number of rotatable bonds is 12. The van der Waals surface area contributed by atoms with Gasteiger partial charge in [-0.1, -0.05) is 72.8 Å². The number of ether oxygens (including phenoxy) is 2. The number of benzene rings is 3. The number of alkyl carbamates (subject to hydrolysis) is 1. The molecule has 202 valence electrons. The smallest absolute Gasteiger partial charge is 0.407 e. The highest BCUT2D eigenvalue weighted by atomic mass is 16.6. The Labute approximate surface area is 224 Å². The summed E-state index contributed by atoms with van der Waals surface area (Å²) in [4.78, 5) is 24.6. The fourth-order valence-corrected chi connectivity index (χ4v) is 4.08. The summed E-state index contributed by atoms with van der Waals surface area (Å²) in [5.74, 6) is -1.17. The molecule has 0 saturated carbocycles. The fraction of sp³-hybridized carbons (Fsp3) is 0.355. The molecule has 0 aliphatic heterocycles. The summed E-state index contributed by atoms with van der Waals surface area (Å²) in [5.41, 5.74) is 2.08. The van der Waals surface area contributed by atoms with Crippen LogP contribution in [0.15, 0.2) is 84.9 Å². The van der Waals surface area contributed by atoms with Crippen LogP contribution in [0.4, 0.5) is 4.79 Å². The molecule has 0 saturated heterocycles. The average molecular weight is 520 g/mol. The number of carbonyl (C=O) groups excluding carboxylic acids is 1. The molecule has 3 N–H and O–H groups in total. The van der Waals surface area contributed by atoms with Gasteiger partial charge in [-0.25, -0.2) is 4.79 Å². The lowest BCUT2D eigenvalue weighted by atomic mass is 9.89. The molecule has 0 unspecified atom stereocenters. The van der Waals surface area contributed by atoms with Gasteiger partial charge < -0.3 is 25.0 Å². The van der Waals surface area contributed by atoms with Crippen LogP contribution in [-0.2, 0) is 29.0 Å². The molecule has 7 heteroatoms. The highest BCUT2D eigenvalue weighted by molar-refractivity contribution is 5.71. The molecule has 3 rings (SSSR count). The SMILES string of the molecule is CC(C)(C)OC(=O)N[C@@H](Cc1ccccc1)[C@@H](O)C[C@@H](Cc1ccc(OCc2ccccc2)cc1)C(=O)O. The maximum Gasteiger partial charge on any atom is 0.407 e. The summed E-state index contributed by atoms with van der Waals surface area (Å²) >= 11 is 0. The van der Waals surface area contributed by atoms with Gasteiger partial charge in [0.25, 0.3) is 0 Å². The number of aliphatic hydroxyl groups is 1. The number of carbonyl (C=O) groups is 2. The third-order valence-electron chi connectivity index (χ3n) is 5.99. The molecule has 0 aliphatic carbocycles. The Morgan fingerprint density at radius 3 is 1.92 bits per heavy atom. The van der Waals surface area contributed by atoms with Crippen molar-refractivity contribution in [3.8, 4) is 5.75 Å². The summed E-state index contributed by atoms with van der Waals surface area (Å²) in [6.07, 6.45) is -1.22. The summed E-state index contributed by atoms with van der Waals surface area (Å²) in [6.45, 7) is 5.71. The molecule has 3 aromatic carbocycles. The lowest BCUT2D eigenvalue weighted by molar-refractivity contribution is -0.143. The maximum absolute atomic E-state index is 12.5. The zero-order chi connectivity index (χ0) is 27.5. The summed E-state index contributed by atoms with van der Waals surface area (Å²) in [6, 6.07) is 25.8. The molecule has 7 nitrogen and oxygen atoms in total. The molecule has 0 aromatic heterocycles. The average Bonchev–Trinajstić information content (AvgIpc) is 2.87. The predicted molar refractivity (Wildman–Crippen MR) is 146 cm³/mol. The van der Waals surface area contributed by atoms with Crippen molar-refractivity contribution in [1.29, 1.82) is 0 Å². The van der Waals surface area contributed by atoms with Crippen molar-refractivity contribution in [2.45, 2.75) is 64.4 Å². The van der Waals surface area contributed by atoms with Gasteiger partial charge in [0, 0.05) is 0 Å². The molecule has 1 amide bonds. The van der Waals surface area contributed by atoms with Gasteiger partial charge >= 0.3 is 12.1 Å². The van der Waals surface area contributed by atoms with Gasteiger partial charge in [-0.15, -0.1) is 0 Å². The molecule has 0 bridgehead atoms. The van der Waals surface area contributed by atoms with E-state index >= 15 is 0 Å². The van der Waals surface area contributed by atoms with Gasteiger partial charge in [-0.05, 0) is 68.9 Å². The Hall–Kier alpha value is -3.84. The van der Waals surface area contributed by atoms with E-state index in [1.54, 1.807) is 20.8 Å². The van der Waals surface area contributed by atoms with Crippen LogP contribution >= 0.6 is 0 Å². The van der Waals surface area contributed by atoms with Crippen LogP contribution in [0, 0.1) is 5.92 Å². The van der Waals surface area contributed by atoms with Crippen LogP contribution in [0.25, 0.3) is 0 Å². The predicted octanol–water partition coefficient (Wildman–Crippen LogP) is 5.40. The maximum atomic E-state index is 12.5. The number of carboxylic acid groups (broad SMARTS) is 1. The first-order valence-electron chi connectivity index (χ1n) is 12.8. The summed E-state index contributed by atoms with van der Waals surface area (Å²) in [5, 5.41) is 23.7. The molecule has 38 heavy (non-hydrogen) atoms. The van der Waals surface area contributed by atoms with Crippen LogP contribution in [0.3, 0.4) is 0 Å². The molecule has 0 radical (unpaired) electrons. The van der Waals surface area contributed by atoms with Crippen LogP contribution in [0.1, 0.15) is 43.9 Å². The van der Waals surface area contributed by atoms with Crippen molar-refractivity contribution in [2.24, 2.45) is 5.92 Å². The van der Waals surface area contributed by atoms with Crippen LogP contribution in [0.2, 0.25) is 0 Å². The van der Waals surface area contributed by atoms with Crippen LogP contribution < -0.4 is 10.1 Å². The molecular formula is C31H37NO6. The molecular weight excluding hydrogens is 482 g/mol. The van der Waals surface area contributed by atoms with E-state index in [0.717, 1.165) is 16.7 Å². The van der Waals surface area contributed by atoms with Gasteiger partial charge in [0.15, 0.2) is 0 Å². The topological polar surface area (TPSA) is 105 Å². The van der Waals surface area contributed by atoms with E-state index in [2.05, 4.69) is 5.32 Å². The lowest BCUT2D eigenvalue weighted by Gasteiger charge is -2.28. The van der Waals surface area contributed by atoms with Gasteiger partial charge in [0.1, 0.15) is 18.0 Å². The normalized spacial score (nSPS) is 13.7. The number of amides is 1. The highest BCUT2D eigenvalue weighted by Crippen LogP contribution is 2.21. The van der Waals surface area contributed by atoms with Crippen molar-refractivity contribution in [3.05, 3.63) is 102 Å². The van der Waals surface area contributed by atoms with Crippen molar-refractivity contribution < 1.29 is 29.3 Å². The first-order chi connectivity index (χ1) is 18.1. The Bertz CT molecular complexity index is 1140. The molecule has 3 aromatic rings. The lowest BCUT2D eigenvalue weighted by Crippen LogP contribution is -2.47. The minimum absolute atomic E-state index is 0.0328. The van der Waals surface area contributed by atoms with Crippen LogP contribution in [-0.4, -0.2) is 40.0 Å². The summed E-state index contributed by atoms with van der Waals surface area (Å²) < 4.78 is 11.2. The van der Waals surface area contributed by atoms with E-state index in [9.17, 15) is 19.8 Å². The van der Waals surface area contributed by atoms with E-state index in [1.165, 1.54) is 0 Å². The van der Waals surface area contributed by atoms with Gasteiger partial charge in [0.05, 0.1) is 18.1 Å². The molecule has 0 heterocycles. The van der Waals surface area contributed by atoms with E-state index in [-0.39, 0.29) is 12.8 Å². The molecule has 0 aliphatic rings. The number of carboxylic acids is 1. The Balaban J connectivity index is 1.64. The van der Waals surface area contributed by atoms with E-state index in [1.807, 2.05) is 84.9 Å². The van der Waals surface area contributed by atoms with E-state index in [4.69, 9.17) is 9.47 Å². The second kappa shape index (κ2) is 13.6. The van der Waals surface area contributed by atoms with Gasteiger partial charge in [-0.2, -0.15) is 0 Å². The third kappa shape index (κ3) is 9.90. The second-order valence-electron chi connectivity index (χ2n) is 10.4. The zero-order valence-corrected chi connectivity index (χ0v) is 22.2. The standard InChI is InChI=1S/C31H37NO6/c1-31(2,3)38-30(36)32-27(19-22-10-6-4-7-11-22)28(33)20-25(29(34)35)18-23-14-16-26(17-15-23)37-21-24-12-8-5-9-13-24/h4-17,25,27-28,33H,18-21H2,1-3H3,(H,32,36)(H,34,35)/t25-,27+,28+/m1/s1. The summed E-state index contributed by atoms with van der Waals surface area (Å²) in [7, 11) is 0. The first kappa shape index (κ1) is 28.7. The fourth-order valence-electron chi connectivity index (χ4n) is 4.08. The first-order valence-corrected chi connectivity index (χ1v) is 12.8. The van der Waals surface area contributed by atoms with Crippen molar-refractivity contribution in [1.82, 2.24) is 5.32 Å². The highest BCUT2D eigenvalue weighted by Gasteiger charge is 2.30. The van der Waals surface area contributed by atoms with Crippen molar-refractivity contribution in [3.63, 3.8) is 0 Å². The minimum Gasteiger partial charge on any atom is -0.489 e. The number of nitrogens with one attached hydrogen (secondary N) is 1. The Morgan fingerprint density at radius 2 is 1.37 bits per heavy atom. The van der Waals surface area contributed by atoms with Gasteiger partial charge in [-0.3, -0.25) is 4.79 Å². The van der Waals surface area contributed by atoms with Gasteiger partial charge in [0.2, 0.25) is 0 Å². The quantitative estimate of drug-likeness (QED) is 0.296. The largest absolute Gasteiger partial charge is 0.489 e. The van der Waals surface area contributed by atoms with Crippen molar-refractivity contribution >= 4 is 12.1 Å². The Kier molecular flexibility index (Phi) is 10.3. The van der Waals surface area contributed by atoms with Crippen LogP contribution in [0.5, 0.6) is 5.75 Å². The monoisotopic (exact) mass is 519 g/mol. The number of hydrogen-bond acceptors (Lipinski definition) is 5. The third-order valence-corrected chi connectivity index (χ3v) is 5.99. The minimum atomic E-state index is -1.10. The van der Waals surface area contributed by atoms with Crippen molar-refractivity contribution in [2.75, 3.05) is 0 Å². The number of aliphatic carboxylic acids is 1. The molecule has 0 fully saturated rings. The molecule has 0 spiro atoms. The zero-order valence-electron chi connectivity index (χ0n) is 22.2.